The lowest BCUT2D eigenvalue weighted by Crippen LogP contribution is -2.42. The van der Waals surface area contributed by atoms with Gasteiger partial charge in [-0.15, -0.1) is 0 Å². The zero-order valence-electron chi connectivity index (χ0n) is 11.1. The quantitative estimate of drug-likeness (QED) is 0.878. The van der Waals surface area contributed by atoms with Crippen molar-refractivity contribution in [2.45, 2.75) is 64.5 Å². The van der Waals surface area contributed by atoms with E-state index in [-0.39, 0.29) is 0 Å². The molecule has 4 nitrogen and oxygen atoms in total. The van der Waals surface area contributed by atoms with E-state index in [1.165, 1.54) is 6.42 Å². The molecule has 2 rings (SSSR count). The smallest absolute Gasteiger partial charge is 0.138 e. The van der Waals surface area contributed by atoms with Gasteiger partial charge in [0.25, 0.3) is 0 Å². The third-order valence-corrected chi connectivity index (χ3v) is 4.01. The standard InChI is InChI=1S/C13H23N3O/c1-10(2)16-12(14-9-15-16)8-13(17)7-5-4-6-11(13)3/h9-11,17H,4-8H2,1-3H3. The number of nitrogens with zero attached hydrogens (tertiary/aromatic N) is 3. The van der Waals surface area contributed by atoms with E-state index in [9.17, 15) is 5.11 Å². The van der Waals surface area contributed by atoms with E-state index in [0.29, 0.717) is 18.4 Å². The fourth-order valence-corrected chi connectivity index (χ4v) is 2.77. The van der Waals surface area contributed by atoms with E-state index < -0.39 is 5.60 Å². The van der Waals surface area contributed by atoms with Crippen molar-refractivity contribution < 1.29 is 5.11 Å². The van der Waals surface area contributed by atoms with Crippen LogP contribution < -0.4 is 0 Å². The van der Waals surface area contributed by atoms with Gasteiger partial charge in [-0.3, -0.25) is 0 Å². The van der Waals surface area contributed by atoms with Crippen LogP contribution in [-0.4, -0.2) is 25.5 Å². The monoisotopic (exact) mass is 237 g/mol. The van der Waals surface area contributed by atoms with Gasteiger partial charge in [-0.1, -0.05) is 19.8 Å². The molecule has 2 unspecified atom stereocenters. The maximum atomic E-state index is 10.7. The number of rotatable bonds is 3. The van der Waals surface area contributed by atoms with Crippen LogP contribution in [0.15, 0.2) is 6.33 Å². The Morgan fingerprint density at radius 2 is 2.29 bits per heavy atom. The van der Waals surface area contributed by atoms with Crippen LogP contribution in [0.25, 0.3) is 0 Å². The summed E-state index contributed by atoms with van der Waals surface area (Å²) in [6.45, 7) is 6.33. The molecule has 0 aromatic carbocycles. The zero-order chi connectivity index (χ0) is 12.5. The SMILES string of the molecule is CC(C)n1ncnc1CC1(O)CCCCC1C. The van der Waals surface area contributed by atoms with Gasteiger partial charge in [-0.05, 0) is 32.6 Å². The van der Waals surface area contributed by atoms with E-state index in [1.54, 1.807) is 6.33 Å². The largest absolute Gasteiger partial charge is 0.389 e. The molecule has 0 radical (unpaired) electrons. The van der Waals surface area contributed by atoms with Gasteiger partial charge in [0.1, 0.15) is 12.2 Å². The molecule has 2 atom stereocenters. The van der Waals surface area contributed by atoms with Crippen LogP contribution in [0.1, 0.15) is 58.3 Å². The van der Waals surface area contributed by atoms with Gasteiger partial charge in [-0.2, -0.15) is 5.10 Å². The average molecular weight is 237 g/mol. The first-order valence-electron chi connectivity index (χ1n) is 6.64. The van der Waals surface area contributed by atoms with E-state index in [4.69, 9.17) is 0 Å². The predicted molar refractivity (Wildman–Crippen MR) is 66.7 cm³/mol. The van der Waals surface area contributed by atoms with Crippen molar-refractivity contribution >= 4 is 0 Å². The Bertz CT molecular complexity index is 374. The predicted octanol–water partition coefficient (Wildman–Crippen LogP) is 2.34. The Labute approximate surface area is 103 Å². The molecule has 0 bridgehead atoms. The van der Waals surface area contributed by atoms with Gasteiger partial charge in [-0.25, -0.2) is 9.67 Å². The lowest BCUT2D eigenvalue weighted by atomic mass is 9.74. The minimum Gasteiger partial charge on any atom is -0.389 e. The molecule has 1 N–H and O–H groups in total. The summed E-state index contributed by atoms with van der Waals surface area (Å²) in [7, 11) is 0. The second-order valence-corrected chi connectivity index (χ2v) is 5.64. The minimum absolute atomic E-state index is 0.301. The number of hydrogen-bond donors (Lipinski definition) is 1. The maximum Gasteiger partial charge on any atom is 0.138 e. The van der Waals surface area contributed by atoms with Crippen molar-refractivity contribution in [3.63, 3.8) is 0 Å². The highest BCUT2D eigenvalue weighted by Crippen LogP contribution is 2.35. The first kappa shape index (κ1) is 12.6. The lowest BCUT2D eigenvalue weighted by Gasteiger charge is -2.38. The highest BCUT2D eigenvalue weighted by atomic mass is 16.3. The molecule has 1 aromatic heterocycles. The average Bonchev–Trinajstić information content (AvgIpc) is 2.70. The summed E-state index contributed by atoms with van der Waals surface area (Å²) in [5.41, 5.74) is -0.585. The van der Waals surface area contributed by atoms with Crippen molar-refractivity contribution in [2.75, 3.05) is 0 Å². The summed E-state index contributed by atoms with van der Waals surface area (Å²) in [6.07, 6.45) is 6.58. The molecule has 0 amide bonds. The van der Waals surface area contributed by atoms with Crippen molar-refractivity contribution in [2.24, 2.45) is 5.92 Å². The molecule has 4 heteroatoms. The molecule has 0 spiro atoms. The first-order chi connectivity index (χ1) is 8.03. The van der Waals surface area contributed by atoms with Gasteiger partial charge >= 0.3 is 0 Å². The Morgan fingerprint density at radius 3 is 2.94 bits per heavy atom. The first-order valence-corrected chi connectivity index (χ1v) is 6.64. The normalized spacial score (nSPS) is 29.8. The van der Waals surface area contributed by atoms with Crippen LogP contribution in [0, 0.1) is 5.92 Å². The summed E-state index contributed by atoms with van der Waals surface area (Å²) in [4.78, 5) is 4.30. The van der Waals surface area contributed by atoms with Crippen molar-refractivity contribution in [1.29, 1.82) is 0 Å². The van der Waals surface area contributed by atoms with Gasteiger partial charge in [0.05, 0.1) is 5.60 Å². The number of aliphatic hydroxyl groups is 1. The Morgan fingerprint density at radius 1 is 1.53 bits per heavy atom. The maximum absolute atomic E-state index is 10.7. The molecule has 1 aliphatic rings. The van der Waals surface area contributed by atoms with Gasteiger partial charge in [0.2, 0.25) is 0 Å². The van der Waals surface area contributed by atoms with E-state index in [1.807, 2.05) is 4.68 Å². The summed E-state index contributed by atoms with van der Waals surface area (Å²) in [6, 6.07) is 0.301. The Balaban J connectivity index is 2.16. The van der Waals surface area contributed by atoms with Crippen LogP contribution in [-0.2, 0) is 6.42 Å². The fourth-order valence-electron chi connectivity index (χ4n) is 2.77. The Hall–Kier alpha value is -0.900. The van der Waals surface area contributed by atoms with Crippen molar-refractivity contribution in [3.8, 4) is 0 Å². The molecule has 0 aliphatic heterocycles. The van der Waals surface area contributed by atoms with E-state index in [2.05, 4.69) is 30.9 Å². The summed E-state index contributed by atoms with van der Waals surface area (Å²) < 4.78 is 1.92. The van der Waals surface area contributed by atoms with Gasteiger partial charge < -0.3 is 5.11 Å². The second-order valence-electron chi connectivity index (χ2n) is 5.64. The van der Waals surface area contributed by atoms with Gasteiger partial charge in [0.15, 0.2) is 0 Å². The molecule has 0 saturated heterocycles. The van der Waals surface area contributed by atoms with Crippen molar-refractivity contribution in [3.05, 3.63) is 12.2 Å². The fraction of sp³-hybridized carbons (Fsp3) is 0.846. The Kier molecular flexibility index (Phi) is 3.52. The third-order valence-electron chi connectivity index (χ3n) is 4.01. The molecule has 1 aliphatic carbocycles. The molecular formula is C13H23N3O. The highest BCUT2D eigenvalue weighted by Gasteiger charge is 2.37. The van der Waals surface area contributed by atoms with Crippen LogP contribution in [0.2, 0.25) is 0 Å². The minimum atomic E-state index is -0.585. The van der Waals surface area contributed by atoms with E-state index in [0.717, 1.165) is 25.1 Å². The van der Waals surface area contributed by atoms with Gasteiger partial charge in [0, 0.05) is 12.5 Å². The zero-order valence-corrected chi connectivity index (χ0v) is 11.1. The lowest BCUT2D eigenvalue weighted by molar-refractivity contribution is -0.0428. The van der Waals surface area contributed by atoms with Crippen LogP contribution in [0.4, 0.5) is 0 Å². The van der Waals surface area contributed by atoms with E-state index >= 15 is 0 Å². The third kappa shape index (κ3) is 2.51. The van der Waals surface area contributed by atoms with Crippen molar-refractivity contribution in [1.82, 2.24) is 14.8 Å². The molecular weight excluding hydrogens is 214 g/mol. The molecule has 17 heavy (non-hydrogen) atoms. The number of hydrogen-bond acceptors (Lipinski definition) is 3. The summed E-state index contributed by atoms with van der Waals surface area (Å²) in [5.74, 6) is 1.27. The molecule has 1 fully saturated rings. The molecule has 1 saturated carbocycles. The van der Waals surface area contributed by atoms with Crippen LogP contribution >= 0.6 is 0 Å². The summed E-state index contributed by atoms with van der Waals surface area (Å²) >= 11 is 0. The molecule has 1 aromatic rings. The summed E-state index contributed by atoms with van der Waals surface area (Å²) in [5, 5.41) is 15.0. The van der Waals surface area contributed by atoms with Crippen LogP contribution in [0.3, 0.4) is 0 Å². The molecule has 96 valence electrons. The van der Waals surface area contributed by atoms with Crippen LogP contribution in [0.5, 0.6) is 0 Å². The molecule has 1 heterocycles. The second kappa shape index (κ2) is 4.77. The number of aromatic nitrogens is 3. The topological polar surface area (TPSA) is 50.9 Å². The highest BCUT2D eigenvalue weighted by molar-refractivity contribution is 4.99.